The first kappa shape index (κ1) is 17.1. The predicted molar refractivity (Wildman–Crippen MR) is 101 cm³/mol. The van der Waals surface area contributed by atoms with Gasteiger partial charge in [-0.15, -0.1) is 11.3 Å². The summed E-state index contributed by atoms with van der Waals surface area (Å²) < 4.78 is 0. The number of nitrogens with zero attached hydrogens (tertiary/aromatic N) is 2. The second kappa shape index (κ2) is 7.47. The number of aryl methyl sites for hydroxylation is 1. The molecule has 0 atom stereocenters. The molecule has 1 N–H and O–H groups in total. The van der Waals surface area contributed by atoms with Gasteiger partial charge in [-0.05, 0) is 62.8 Å². The van der Waals surface area contributed by atoms with E-state index in [0.29, 0.717) is 6.42 Å². The molecule has 0 bridgehead atoms. The second-order valence-corrected chi connectivity index (χ2v) is 8.95. The van der Waals surface area contributed by atoms with Gasteiger partial charge in [0, 0.05) is 30.4 Å². The number of rotatable bonds is 7. The average Bonchev–Trinajstić information content (AvgIpc) is 3.48. The van der Waals surface area contributed by atoms with Crippen molar-refractivity contribution >= 4 is 22.2 Å². The fourth-order valence-electron chi connectivity index (χ4n) is 3.88. The van der Waals surface area contributed by atoms with Gasteiger partial charge in [0.15, 0.2) is 0 Å². The highest BCUT2D eigenvalue weighted by Crippen LogP contribution is 2.37. The summed E-state index contributed by atoms with van der Waals surface area (Å²) in [5.41, 5.74) is 1.93. The number of nitriles is 1. The van der Waals surface area contributed by atoms with Crippen LogP contribution >= 0.6 is 11.3 Å². The maximum absolute atomic E-state index is 12.5. The van der Waals surface area contributed by atoms with E-state index in [0.717, 1.165) is 48.3 Å². The van der Waals surface area contributed by atoms with Crippen molar-refractivity contribution in [3.05, 3.63) is 16.0 Å². The van der Waals surface area contributed by atoms with E-state index in [1.54, 1.807) is 11.3 Å². The first-order valence-corrected chi connectivity index (χ1v) is 10.6. The summed E-state index contributed by atoms with van der Waals surface area (Å²) in [7, 11) is 0. The zero-order valence-corrected chi connectivity index (χ0v) is 15.7. The summed E-state index contributed by atoms with van der Waals surface area (Å²) in [5.74, 6) is 0.941. The number of amides is 1. The highest BCUT2D eigenvalue weighted by Gasteiger charge is 2.33. The minimum Gasteiger partial charge on any atom is -0.317 e. The Morgan fingerprint density at radius 2 is 2.00 bits per heavy atom. The van der Waals surface area contributed by atoms with Crippen molar-refractivity contribution in [2.24, 2.45) is 5.92 Å². The van der Waals surface area contributed by atoms with E-state index in [-0.39, 0.29) is 5.91 Å². The Morgan fingerprint density at radius 1 is 1.20 bits per heavy atom. The van der Waals surface area contributed by atoms with Crippen LogP contribution in [0.5, 0.6) is 0 Å². The quantitative estimate of drug-likeness (QED) is 0.748. The van der Waals surface area contributed by atoms with Crippen LogP contribution in [0.15, 0.2) is 0 Å². The maximum Gasteiger partial charge on any atom is 0.226 e. The third kappa shape index (κ3) is 4.24. The Balaban J connectivity index is 1.36. The molecule has 2 saturated carbocycles. The van der Waals surface area contributed by atoms with E-state index in [2.05, 4.69) is 16.3 Å². The molecule has 5 heteroatoms. The highest BCUT2D eigenvalue weighted by molar-refractivity contribution is 7.16. The van der Waals surface area contributed by atoms with E-state index in [1.807, 2.05) is 0 Å². The van der Waals surface area contributed by atoms with Crippen molar-refractivity contribution in [3.63, 3.8) is 0 Å². The van der Waals surface area contributed by atoms with Crippen LogP contribution in [0, 0.1) is 17.2 Å². The average molecular weight is 358 g/mol. The molecule has 1 aromatic heterocycles. The molecule has 3 aliphatic rings. The zero-order valence-electron chi connectivity index (χ0n) is 14.9. The summed E-state index contributed by atoms with van der Waals surface area (Å²) >= 11 is 1.63. The van der Waals surface area contributed by atoms with E-state index in [9.17, 15) is 10.1 Å². The molecule has 3 aliphatic carbocycles. The van der Waals surface area contributed by atoms with Gasteiger partial charge in [0.2, 0.25) is 5.91 Å². The summed E-state index contributed by atoms with van der Waals surface area (Å²) in [6.07, 6.45) is 11.5. The Morgan fingerprint density at radius 3 is 2.72 bits per heavy atom. The van der Waals surface area contributed by atoms with Gasteiger partial charge in [0.1, 0.15) is 11.1 Å². The second-order valence-electron chi connectivity index (χ2n) is 7.85. The first-order chi connectivity index (χ1) is 12.2. The maximum atomic E-state index is 12.5. The van der Waals surface area contributed by atoms with Crippen LogP contribution in [0.1, 0.15) is 67.4 Å². The Hall–Kier alpha value is -1.38. The van der Waals surface area contributed by atoms with Gasteiger partial charge in [0.25, 0.3) is 0 Å². The number of anilines is 1. The summed E-state index contributed by atoms with van der Waals surface area (Å²) in [6, 6.07) is 3.07. The van der Waals surface area contributed by atoms with Crippen LogP contribution in [0.4, 0.5) is 5.00 Å². The first-order valence-electron chi connectivity index (χ1n) is 9.83. The summed E-state index contributed by atoms with van der Waals surface area (Å²) in [6.45, 7) is 2.04. The van der Waals surface area contributed by atoms with Crippen LogP contribution < -0.4 is 5.32 Å². The number of nitrogens with one attached hydrogen (secondary N) is 1. The smallest absolute Gasteiger partial charge is 0.226 e. The lowest BCUT2D eigenvalue weighted by atomic mass is 10.1. The minimum atomic E-state index is 0.0642. The lowest BCUT2D eigenvalue weighted by molar-refractivity contribution is -0.116. The molecule has 4 nitrogen and oxygen atoms in total. The summed E-state index contributed by atoms with van der Waals surface area (Å²) in [4.78, 5) is 16.3. The molecular formula is C20H27N3OS. The van der Waals surface area contributed by atoms with Crippen molar-refractivity contribution < 1.29 is 4.79 Å². The van der Waals surface area contributed by atoms with Crippen LogP contribution in [-0.4, -0.2) is 29.9 Å². The van der Waals surface area contributed by atoms with Gasteiger partial charge >= 0.3 is 0 Å². The van der Waals surface area contributed by atoms with Crippen LogP contribution in [-0.2, 0) is 17.6 Å². The number of carbonyl (C=O) groups excluding carboxylic acids is 1. The molecule has 1 heterocycles. The fourth-order valence-corrected chi connectivity index (χ4v) is 5.13. The van der Waals surface area contributed by atoms with E-state index >= 15 is 0 Å². The number of carbonyl (C=O) groups is 1. The molecule has 25 heavy (non-hydrogen) atoms. The summed E-state index contributed by atoms with van der Waals surface area (Å²) in [5, 5.41) is 13.4. The van der Waals surface area contributed by atoms with Gasteiger partial charge in [-0.1, -0.05) is 6.42 Å². The van der Waals surface area contributed by atoms with E-state index in [1.165, 1.54) is 55.5 Å². The Bertz CT molecular complexity index is 682. The predicted octanol–water partition coefficient (Wildman–Crippen LogP) is 4.09. The molecule has 0 aliphatic heterocycles. The van der Waals surface area contributed by atoms with Gasteiger partial charge in [-0.3, -0.25) is 9.69 Å². The van der Waals surface area contributed by atoms with Gasteiger partial charge < -0.3 is 5.32 Å². The topological polar surface area (TPSA) is 56.1 Å². The number of thiophene rings is 1. The molecule has 0 aromatic carbocycles. The Kier molecular flexibility index (Phi) is 5.10. The molecular weight excluding hydrogens is 330 g/mol. The van der Waals surface area contributed by atoms with Crippen molar-refractivity contribution in [1.82, 2.24) is 4.90 Å². The molecule has 2 fully saturated rings. The van der Waals surface area contributed by atoms with Crippen LogP contribution in [0.3, 0.4) is 0 Å². The van der Waals surface area contributed by atoms with Crippen molar-refractivity contribution in [2.45, 2.75) is 70.3 Å². The number of fused-ring (bicyclic) bond motifs is 1. The normalized spacial score (nSPS) is 20.0. The largest absolute Gasteiger partial charge is 0.317 e. The molecule has 1 amide bonds. The standard InChI is InChI=1S/C20H27N3OS/c21-12-17-16-4-2-1-3-5-18(16)25-20(17)22-19(24)10-11-23(15-8-9-15)13-14-6-7-14/h14-15H,1-11,13H2,(H,22,24). The van der Waals surface area contributed by atoms with Crippen LogP contribution in [0.25, 0.3) is 0 Å². The number of hydrogen-bond donors (Lipinski definition) is 1. The molecule has 0 saturated heterocycles. The van der Waals surface area contributed by atoms with Gasteiger partial charge in [-0.2, -0.15) is 5.26 Å². The Labute approximate surface area is 154 Å². The molecule has 0 radical (unpaired) electrons. The third-order valence-corrected chi connectivity index (χ3v) is 6.87. The lowest BCUT2D eigenvalue weighted by Gasteiger charge is -2.21. The molecule has 4 rings (SSSR count). The van der Waals surface area contributed by atoms with E-state index < -0.39 is 0 Å². The molecule has 1 aromatic rings. The van der Waals surface area contributed by atoms with Crippen LogP contribution in [0.2, 0.25) is 0 Å². The SMILES string of the molecule is N#Cc1c(NC(=O)CCN(CC2CC2)C2CC2)sc2c1CCCCC2. The van der Waals surface area contributed by atoms with Crippen molar-refractivity contribution in [3.8, 4) is 6.07 Å². The third-order valence-electron chi connectivity index (χ3n) is 5.67. The fraction of sp³-hybridized carbons (Fsp3) is 0.700. The van der Waals surface area contributed by atoms with Gasteiger partial charge in [-0.25, -0.2) is 0 Å². The van der Waals surface area contributed by atoms with Crippen molar-refractivity contribution in [1.29, 1.82) is 5.26 Å². The monoisotopic (exact) mass is 357 g/mol. The number of hydrogen-bond acceptors (Lipinski definition) is 4. The minimum absolute atomic E-state index is 0.0642. The molecule has 0 spiro atoms. The van der Waals surface area contributed by atoms with Crippen molar-refractivity contribution in [2.75, 3.05) is 18.4 Å². The molecule has 134 valence electrons. The lowest BCUT2D eigenvalue weighted by Crippen LogP contribution is -2.31. The zero-order chi connectivity index (χ0) is 17.2. The van der Waals surface area contributed by atoms with Gasteiger partial charge in [0.05, 0.1) is 5.56 Å². The molecule has 0 unspecified atom stereocenters. The van der Waals surface area contributed by atoms with E-state index in [4.69, 9.17) is 0 Å². The highest BCUT2D eigenvalue weighted by atomic mass is 32.1.